The number of hydrogen-bond acceptors (Lipinski definition) is 4. The molecule has 6 heteroatoms. The zero-order chi connectivity index (χ0) is 11.5. The molecule has 0 fully saturated rings. The second kappa shape index (κ2) is 4.78. The van der Waals surface area contributed by atoms with Gasteiger partial charge in [0.05, 0.1) is 12.2 Å². The zero-order valence-corrected chi connectivity index (χ0v) is 9.34. The molecule has 0 aromatic carbocycles. The fourth-order valence-corrected chi connectivity index (χ4v) is 1.06. The molecule has 0 aliphatic rings. The maximum atomic E-state index is 9.68. The molecule has 0 saturated heterocycles. The number of aliphatic hydroxyl groups excluding tert-OH is 1. The number of nitrogens with zero attached hydrogens (tertiary/aromatic N) is 2. The molecule has 0 spiro atoms. The van der Waals surface area contributed by atoms with E-state index in [4.69, 9.17) is 9.76 Å². The van der Waals surface area contributed by atoms with Crippen LogP contribution >= 0.6 is 0 Å². The highest BCUT2D eigenvalue weighted by Gasteiger charge is 2.24. The summed E-state index contributed by atoms with van der Waals surface area (Å²) >= 11 is 0. The molecular weight excluding hydrogens is 195 g/mol. The Morgan fingerprint density at radius 3 is 2.73 bits per heavy atom. The maximum absolute atomic E-state index is 9.68. The van der Waals surface area contributed by atoms with Crippen molar-refractivity contribution in [3.63, 3.8) is 0 Å². The lowest BCUT2D eigenvalue weighted by Gasteiger charge is -2.22. The normalized spacial score (nSPS) is 11.8. The molecule has 0 amide bonds. The highest BCUT2D eigenvalue weighted by Crippen LogP contribution is 2.13. The van der Waals surface area contributed by atoms with Gasteiger partial charge in [0.25, 0.3) is 0 Å². The van der Waals surface area contributed by atoms with Crippen molar-refractivity contribution >= 4 is 12.7 Å². The summed E-state index contributed by atoms with van der Waals surface area (Å²) in [7, 11) is 0.738. The van der Waals surface area contributed by atoms with Crippen LogP contribution in [0.15, 0.2) is 12.3 Å². The van der Waals surface area contributed by atoms with E-state index in [0.717, 1.165) is 0 Å². The Hall–Kier alpha value is -0.845. The van der Waals surface area contributed by atoms with E-state index >= 15 is 0 Å². The summed E-state index contributed by atoms with van der Waals surface area (Å²) < 4.78 is 6.81. The second-order valence-electron chi connectivity index (χ2n) is 4.37. The van der Waals surface area contributed by atoms with E-state index in [-0.39, 0.29) is 18.6 Å². The third-order valence-electron chi connectivity index (χ3n) is 2.17. The highest BCUT2D eigenvalue weighted by molar-refractivity contribution is 6.59. The first-order valence-corrected chi connectivity index (χ1v) is 4.85. The Balaban J connectivity index is 2.50. The summed E-state index contributed by atoms with van der Waals surface area (Å²) in [6.07, 6.45) is 1.60. The monoisotopic (exact) mass is 212 g/mol. The van der Waals surface area contributed by atoms with Crippen LogP contribution in [-0.2, 0) is 11.7 Å². The number of aromatic nitrogens is 2. The molecule has 15 heavy (non-hydrogen) atoms. The Morgan fingerprint density at radius 2 is 2.27 bits per heavy atom. The van der Waals surface area contributed by atoms with Gasteiger partial charge in [-0.15, -0.1) is 0 Å². The number of rotatable bonds is 5. The standard InChI is InChI=1S/C9H17BN2O3/c1-9(2,6-13)7-15-10(14)8-4-5-11-12(8)3/h4-5,13-14H,6-7H2,1-3H3. The fourth-order valence-electron chi connectivity index (χ4n) is 1.06. The average molecular weight is 212 g/mol. The maximum Gasteiger partial charge on any atom is 0.510 e. The first-order valence-electron chi connectivity index (χ1n) is 4.85. The quantitative estimate of drug-likeness (QED) is 0.623. The minimum atomic E-state index is -0.997. The lowest BCUT2D eigenvalue weighted by Crippen LogP contribution is -2.41. The number of hydrogen-bond donors (Lipinski definition) is 2. The smallest absolute Gasteiger partial charge is 0.422 e. The number of aryl methyl sites for hydroxylation is 1. The summed E-state index contributed by atoms with van der Waals surface area (Å²) in [6, 6.07) is 1.69. The summed E-state index contributed by atoms with van der Waals surface area (Å²) in [5, 5.41) is 22.6. The molecule has 2 N–H and O–H groups in total. The van der Waals surface area contributed by atoms with Gasteiger partial charge in [-0.1, -0.05) is 13.8 Å². The van der Waals surface area contributed by atoms with Gasteiger partial charge in [0.1, 0.15) is 0 Å². The van der Waals surface area contributed by atoms with Crippen LogP contribution in [0.2, 0.25) is 0 Å². The van der Waals surface area contributed by atoms with E-state index in [0.29, 0.717) is 5.59 Å². The summed E-state index contributed by atoms with van der Waals surface area (Å²) in [4.78, 5) is 0. The van der Waals surface area contributed by atoms with Crippen LogP contribution in [0, 0.1) is 5.41 Å². The molecule has 1 heterocycles. The third kappa shape index (κ3) is 3.33. The van der Waals surface area contributed by atoms with Gasteiger partial charge in [0.2, 0.25) is 0 Å². The molecule has 5 nitrogen and oxygen atoms in total. The van der Waals surface area contributed by atoms with Crippen molar-refractivity contribution in [3.8, 4) is 0 Å². The van der Waals surface area contributed by atoms with Gasteiger partial charge in [-0.2, -0.15) is 5.10 Å². The molecule has 84 valence electrons. The van der Waals surface area contributed by atoms with Crippen molar-refractivity contribution in [1.82, 2.24) is 9.78 Å². The summed E-state index contributed by atoms with van der Waals surface area (Å²) in [5.41, 5.74) is 0.253. The van der Waals surface area contributed by atoms with Crippen molar-refractivity contribution in [1.29, 1.82) is 0 Å². The van der Waals surface area contributed by atoms with Crippen LogP contribution in [0.25, 0.3) is 0 Å². The van der Waals surface area contributed by atoms with Crippen LogP contribution in [0.1, 0.15) is 13.8 Å². The van der Waals surface area contributed by atoms with Gasteiger partial charge < -0.3 is 14.8 Å². The predicted molar refractivity (Wildman–Crippen MR) is 57.6 cm³/mol. The van der Waals surface area contributed by atoms with Gasteiger partial charge in [0.15, 0.2) is 0 Å². The van der Waals surface area contributed by atoms with Crippen molar-refractivity contribution in [3.05, 3.63) is 12.3 Å². The Bertz CT molecular complexity index is 314. The molecule has 1 rings (SSSR count). The summed E-state index contributed by atoms with van der Waals surface area (Å²) in [6.45, 7) is 4.03. The minimum Gasteiger partial charge on any atom is -0.422 e. The van der Waals surface area contributed by atoms with Gasteiger partial charge in [-0.05, 0) is 6.07 Å². The van der Waals surface area contributed by atoms with Crippen molar-refractivity contribution < 1.29 is 14.8 Å². The van der Waals surface area contributed by atoms with Gasteiger partial charge >= 0.3 is 7.12 Å². The number of aliphatic hydroxyl groups is 1. The van der Waals surface area contributed by atoms with E-state index in [2.05, 4.69) is 5.10 Å². The highest BCUT2D eigenvalue weighted by atomic mass is 16.5. The topological polar surface area (TPSA) is 67.5 Å². The Kier molecular flexibility index (Phi) is 3.90. The SMILES string of the molecule is Cn1nccc1B(O)OCC(C)(C)CO. The van der Waals surface area contributed by atoms with Crippen LogP contribution < -0.4 is 5.59 Å². The van der Waals surface area contributed by atoms with E-state index in [1.807, 2.05) is 13.8 Å². The second-order valence-corrected chi connectivity index (χ2v) is 4.37. The first kappa shape index (κ1) is 12.2. The van der Waals surface area contributed by atoms with Crippen molar-refractivity contribution in [2.45, 2.75) is 13.8 Å². The molecule has 0 unspecified atom stereocenters. The summed E-state index contributed by atoms with van der Waals surface area (Å²) in [5.74, 6) is 0. The van der Waals surface area contributed by atoms with Crippen LogP contribution in [0.3, 0.4) is 0 Å². The van der Waals surface area contributed by atoms with Crippen LogP contribution in [0.4, 0.5) is 0 Å². The first-order chi connectivity index (χ1) is 6.96. The molecule has 1 aromatic heterocycles. The fraction of sp³-hybridized carbons (Fsp3) is 0.667. The molecule has 0 saturated carbocycles. The third-order valence-corrected chi connectivity index (χ3v) is 2.17. The molecule has 1 aromatic rings. The lowest BCUT2D eigenvalue weighted by atomic mass is 9.84. The van der Waals surface area contributed by atoms with Crippen LogP contribution in [0.5, 0.6) is 0 Å². The Labute approximate surface area is 89.8 Å². The molecule has 0 aliphatic heterocycles. The molecular formula is C9H17BN2O3. The molecule has 0 aliphatic carbocycles. The average Bonchev–Trinajstić information content (AvgIpc) is 2.61. The van der Waals surface area contributed by atoms with Gasteiger partial charge in [0, 0.05) is 25.3 Å². The largest absolute Gasteiger partial charge is 0.510 e. The van der Waals surface area contributed by atoms with E-state index in [1.165, 1.54) is 0 Å². The van der Waals surface area contributed by atoms with Gasteiger partial charge in [-0.25, -0.2) is 0 Å². The molecule has 0 radical (unpaired) electrons. The lowest BCUT2D eigenvalue weighted by molar-refractivity contribution is 0.0883. The van der Waals surface area contributed by atoms with Crippen LogP contribution in [-0.4, -0.2) is 40.2 Å². The minimum absolute atomic E-state index is 0.0190. The predicted octanol–water partition coefficient (Wildman–Crippen LogP) is -0.857. The van der Waals surface area contributed by atoms with Gasteiger partial charge in [-0.3, -0.25) is 4.68 Å². The molecule has 0 bridgehead atoms. The van der Waals surface area contributed by atoms with Crippen molar-refractivity contribution in [2.24, 2.45) is 12.5 Å². The van der Waals surface area contributed by atoms with E-state index in [1.54, 1.807) is 24.0 Å². The molecule has 0 atom stereocenters. The van der Waals surface area contributed by atoms with E-state index < -0.39 is 7.12 Å². The zero-order valence-electron chi connectivity index (χ0n) is 9.34. The van der Waals surface area contributed by atoms with E-state index in [9.17, 15) is 5.02 Å². The Morgan fingerprint density at radius 1 is 1.60 bits per heavy atom. The van der Waals surface area contributed by atoms with Crippen molar-refractivity contribution in [2.75, 3.05) is 13.2 Å².